The van der Waals surface area contributed by atoms with Gasteiger partial charge in [0.1, 0.15) is 0 Å². The molecular weight excluding hydrogens is 328 g/mol. The summed E-state index contributed by atoms with van der Waals surface area (Å²) >= 11 is 0. The summed E-state index contributed by atoms with van der Waals surface area (Å²) < 4.78 is 12.1. The molecule has 0 radical (unpaired) electrons. The highest BCUT2D eigenvalue weighted by molar-refractivity contribution is 6.32. The minimum Gasteiger partial charge on any atom is -0.341 e. The Balaban J connectivity index is 1.62. The molecule has 2 aromatic carbocycles. The van der Waals surface area contributed by atoms with Crippen molar-refractivity contribution in [1.29, 1.82) is 0 Å². The van der Waals surface area contributed by atoms with Crippen molar-refractivity contribution in [3.63, 3.8) is 0 Å². The topological polar surface area (TPSA) is 52.6 Å². The van der Waals surface area contributed by atoms with Crippen LogP contribution in [0.3, 0.4) is 0 Å². The summed E-state index contributed by atoms with van der Waals surface area (Å²) in [5, 5.41) is 0. The molecule has 0 bridgehead atoms. The third-order valence-electron chi connectivity index (χ3n) is 5.14. The Morgan fingerprint density at radius 2 is 1.58 bits per heavy atom. The predicted molar refractivity (Wildman–Crippen MR) is 97.0 cm³/mol. The first-order chi connectivity index (χ1) is 12.5. The highest BCUT2D eigenvalue weighted by atomic mass is 16.7. The lowest BCUT2D eigenvalue weighted by Crippen LogP contribution is -2.49. The van der Waals surface area contributed by atoms with E-state index in [4.69, 9.17) is 9.47 Å². The maximum atomic E-state index is 13.0. The second kappa shape index (κ2) is 6.31. The van der Waals surface area contributed by atoms with Crippen LogP contribution in [0, 0.1) is 0 Å². The van der Waals surface area contributed by atoms with Gasteiger partial charge in [-0.15, -0.1) is 0 Å². The van der Waals surface area contributed by atoms with Crippen LogP contribution in [0.2, 0.25) is 0 Å². The van der Waals surface area contributed by atoms with Crippen LogP contribution in [0.5, 0.6) is 0 Å². The molecule has 1 heterocycles. The number of ether oxygens (including phenoxy) is 2. The molecule has 1 aliphatic carbocycles. The van der Waals surface area contributed by atoms with Crippen molar-refractivity contribution < 1.29 is 19.1 Å². The van der Waals surface area contributed by atoms with Crippen molar-refractivity contribution in [3.8, 4) is 0 Å². The summed E-state index contributed by atoms with van der Waals surface area (Å²) in [5.74, 6) is -0.550. The normalized spacial score (nSPS) is 22.2. The molecule has 1 aliphatic heterocycles. The maximum Gasteiger partial charge on any atom is 0.203 e. The molecule has 4 heteroatoms. The molecule has 0 saturated carbocycles. The summed E-state index contributed by atoms with van der Waals surface area (Å²) in [6.07, 6.45) is 1.16. The number of Topliss-reactive ketones (excluding diaryl/α,β-unsaturated/α-hetero) is 2. The fraction of sp³-hybridized carbons (Fsp3) is 0.273. The minimum atomic E-state index is -1.50. The SMILES string of the molecule is CC1=CCC2(O[C@@H]1O[C@H](C)c1ccccc1)C(=O)c1ccccc1C2=O. The van der Waals surface area contributed by atoms with Gasteiger partial charge in [-0.2, -0.15) is 0 Å². The van der Waals surface area contributed by atoms with Crippen LogP contribution in [0.1, 0.15) is 52.7 Å². The number of fused-ring (bicyclic) bond motifs is 1. The molecule has 4 rings (SSSR count). The van der Waals surface area contributed by atoms with E-state index in [2.05, 4.69) is 0 Å². The molecule has 4 nitrogen and oxygen atoms in total. The standard InChI is InChI=1S/C22H20O4/c1-14-12-13-22(19(23)17-10-6-7-11-18(17)20(22)24)26-21(14)25-15(2)16-8-4-3-5-9-16/h3-12,15,21H,13H2,1-2H3/t15-,21+/m1/s1. The quantitative estimate of drug-likeness (QED) is 0.614. The Morgan fingerprint density at radius 1 is 1.00 bits per heavy atom. The van der Waals surface area contributed by atoms with Crippen LogP contribution >= 0.6 is 0 Å². The lowest BCUT2D eigenvalue weighted by atomic mass is 9.90. The van der Waals surface area contributed by atoms with Gasteiger partial charge in [-0.25, -0.2) is 0 Å². The van der Waals surface area contributed by atoms with E-state index in [1.165, 1.54) is 0 Å². The van der Waals surface area contributed by atoms with Gasteiger partial charge in [0, 0.05) is 17.5 Å². The van der Waals surface area contributed by atoms with Gasteiger partial charge in [0.25, 0.3) is 0 Å². The highest BCUT2D eigenvalue weighted by Gasteiger charge is 2.56. The molecule has 0 fully saturated rings. The third kappa shape index (κ3) is 2.54. The number of rotatable bonds is 3. The average Bonchev–Trinajstić information content (AvgIpc) is 2.88. The van der Waals surface area contributed by atoms with Crippen molar-refractivity contribution in [3.05, 3.63) is 82.9 Å². The fourth-order valence-corrected chi connectivity index (χ4v) is 3.56. The van der Waals surface area contributed by atoms with Gasteiger partial charge in [-0.05, 0) is 25.0 Å². The Hall–Kier alpha value is -2.56. The second-order valence-electron chi connectivity index (χ2n) is 6.82. The molecule has 0 saturated heterocycles. The van der Waals surface area contributed by atoms with E-state index in [0.717, 1.165) is 11.1 Å². The molecule has 2 aromatic rings. The van der Waals surface area contributed by atoms with Crippen LogP contribution in [0.25, 0.3) is 0 Å². The number of benzene rings is 2. The second-order valence-corrected chi connectivity index (χ2v) is 6.82. The van der Waals surface area contributed by atoms with Crippen LogP contribution in [-0.4, -0.2) is 23.5 Å². The molecule has 0 aromatic heterocycles. The van der Waals surface area contributed by atoms with Crippen molar-refractivity contribution in [2.75, 3.05) is 0 Å². The summed E-state index contributed by atoms with van der Waals surface area (Å²) in [4.78, 5) is 25.9. The predicted octanol–water partition coefficient (Wildman–Crippen LogP) is 4.27. The molecule has 26 heavy (non-hydrogen) atoms. The van der Waals surface area contributed by atoms with E-state index in [9.17, 15) is 9.59 Å². The average molecular weight is 348 g/mol. The Labute approximate surface area is 152 Å². The largest absolute Gasteiger partial charge is 0.341 e. The Kier molecular flexibility index (Phi) is 4.10. The van der Waals surface area contributed by atoms with E-state index in [1.54, 1.807) is 24.3 Å². The first-order valence-electron chi connectivity index (χ1n) is 8.76. The fourth-order valence-electron chi connectivity index (χ4n) is 3.56. The van der Waals surface area contributed by atoms with E-state index in [0.29, 0.717) is 11.1 Å². The minimum absolute atomic E-state index is 0.228. The van der Waals surface area contributed by atoms with Gasteiger partial charge in [0.05, 0.1) is 6.10 Å². The Bertz CT molecular complexity index is 862. The van der Waals surface area contributed by atoms with E-state index < -0.39 is 11.9 Å². The van der Waals surface area contributed by atoms with Crippen molar-refractivity contribution >= 4 is 11.6 Å². The lowest BCUT2D eigenvalue weighted by Gasteiger charge is -2.36. The van der Waals surface area contributed by atoms with Gasteiger partial charge in [-0.1, -0.05) is 60.7 Å². The van der Waals surface area contributed by atoms with Gasteiger partial charge < -0.3 is 9.47 Å². The first-order valence-corrected chi connectivity index (χ1v) is 8.76. The van der Waals surface area contributed by atoms with Crippen molar-refractivity contribution in [2.45, 2.75) is 38.3 Å². The molecule has 2 atom stereocenters. The zero-order chi connectivity index (χ0) is 18.3. The molecule has 2 aliphatic rings. The third-order valence-corrected chi connectivity index (χ3v) is 5.14. The summed E-state index contributed by atoms with van der Waals surface area (Å²) in [6, 6.07) is 16.7. The number of carbonyl (C=O) groups excluding carboxylic acids is 2. The van der Waals surface area contributed by atoms with Crippen LogP contribution in [0.4, 0.5) is 0 Å². The molecule has 0 amide bonds. The first kappa shape index (κ1) is 16.9. The van der Waals surface area contributed by atoms with Crippen molar-refractivity contribution in [1.82, 2.24) is 0 Å². The van der Waals surface area contributed by atoms with Gasteiger partial charge in [0.15, 0.2) is 11.9 Å². The van der Waals surface area contributed by atoms with Gasteiger partial charge in [-0.3, -0.25) is 9.59 Å². The molecule has 1 spiro atoms. The number of hydrogen-bond donors (Lipinski definition) is 0. The van der Waals surface area contributed by atoms with Crippen LogP contribution in [0.15, 0.2) is 66.2 Å². The summed E-state index contributed by atoms with van der Waals surface area (Å²) in [5.41, 5.74) is 1.25. The van der Waals surface area contributed by atoms with Gasteiger partial charge >= 0.3 is 0 Å². The number of hydrogen-bond acceptors (Lipinski definition) is 4. The van der Waals surface area contributed by atoms with Gasteiger partial charge in [0.2, 0.25) is 11.6 Å². The van der Waals surface area contributed by atoms with E-state index in [1.807, 2.05) is 50.3 Å². The molecular formula is C22H20O4. The zero-order valence-corrected chi connectivity index (χ0v) is 14.8. The highest BCUT2D eigenvalue weighted by Crippen LogP contribution is 2.41. The zero-order valence-electron chi connectivity index (χ0n) is 14.8. The smallest absolute Gasteiger partial charge is 0.203 e. The van der Waals surface area contributed by atoms with E-state index >= 15 is 0 Å². The van der Waals surface area contributed by atoms with E-state index in [-0.39, 0.29) is 24.1 Å². The number of carbonyl (C=O) groups is 2. The molecule has 132 valence electrons. The molecule has 0 unspecified atom stereocenters. The maximum absolute atomic E-state index is 13.0. The lowest BCUT2D eigenvalue weighted by molar-refractivity contribution is -0.186. The van der Waals surface area contributed by atoms with Crippen LogP contribution < -0.4 is 0 Å². The summed E-state index contributed by atoms with van der Waals surface area (Å²) in [6.45, 7) is 3.83. The Morgan fingerprint density at radius 3 is 2.19 bits per heavy atom. The van der Waals surface area contributed by atoms with Crippen LogP contribution in [-0.2, 0) is 9.47 Å². The number of ketones is 2. The molecule has 0 N–H and O–H groups in total. The summed E-state index contributed by atoms with van der Waals surface area (Å²) in [7, 11) is 0. The van der Waals surface area contributed by atoms with Crippen molar-refractivity contribution in [2.24, 2.45) is 0 Å². The monoisotopic (exact) mass is 348 g/mol.